The number of hydrogen-bond donors (Lipinski definition) is 1. The molecule has 0 spiro atoms. The molecule has 0 aromatic carbocycles. The third-order valence-electron chi connectivity index (χ3n) is 1.30. The van der Waals surface area contributed by atoms with Crippen molar-refractivity contribution >= 4 is 12.9 Å². The summed E-state index contributed by atoms with van der Waals surface area (Å²) in [6.45, 7) is 5.28. The molecule has 0 saturated carbocycles. The Labute approximate surface area is 88.0 Å². The Bertz CT molecular complexity index is 305. The van der Waals surface area contributed by atoms with Crippen LogP contribution in [-0.4, -0.2) is 4.92 Å². The molecule has 0 aromatic heterocycles. The molecule has 76 valence electrons. The van der Waals surface area contributed by atoms with Crippen molar-refractivity contribution in [3.05, 3.63) is 58.5 Å². The highest BCUT2D eigenvalue weighted by Crippen LogP contribution is 2.04. The summed E-state index contributed by atoms with van der Waals surface area (Å²) in [5.41, 5.74) is 0.688. The monoisotopic (exact) mass is 213 g/mol. The highest BCUT2D eigenvalue weighted by Gasteiger charge is 1.89. The average Bonchev–Trinajstić information content (AvgIpc) is 2.17. The molecule has 0 aromatic rings. The van der Waals surface area contributed by atoms with Crippen LogP contribution < -0.4 is 0 Å². The van der Waals surface area contributed by atoms with Gasteiger partial charge in [0.05, 0.1) is 4.92 Å². The molecule has 0 radical (unpaired) electrons. The zero-order valence-corrected chi connectivity index (χ0v) is 8.61. The molecule has 14 heavy (non-hydrogen) atoms. The maximum Gasteiger partial charge on any atom is 0.235 e. The first kappa shape index (κ1) is 12.5. The molecule has 0 N–H and O–H groups in total. The van der Waals surface area contributed by atoms with Crippen molar-refractivity contribution in [3.8, 4) is 0 Å². The second-order valence-corrected chi connectivity index (χ2v) is 2.46. The predicted octanol–water partition coefficient (Wildman–Crippen LogP) is 2.65. The van der Waals surface area contributed by atoms with Crippen LogP contribution in [0.2, 0.25) is 0 Å². The summed E-state index contributed by atoms with van der Waals surface area (Å²) < 4.78 is 4.50. The van der Waals surface area contributed by atoms with Gasteiger partial charge in [-0.1, -0.05) is 18.7 Å². The summed E-state index contributed by atoms with van der Waals surface area (Å²) >= 11 is 3.54. The smallest absolute Gasteiger partial charge is 0.235 e. The summed E-state index contributed by atoms with van der Waals surface area (Å²) in [4.78, 5) is 9.50. The highest BCUT2D eigenvalue weighted by molar-refractivity contribution is 7.75. The van der Waals surface area contributed by atoms with Crippen LogP contribution in [-0.2, 0) is 4.18 Å². The van der Waals surface area contributed by atoms with Crippen molar-refractivity contribution in [1.82, 2.24) is 0 Å². The van der Waals surface area contributed by atoms with Gasteiger partial charge < -0.3 is 4.18 Å². The van der Waals surface area contributed by atoms with E-state index < -0.39 is 4.92 Å². The molecule has 0 aliphatic heterocycles. The zero-order chi connectivity index (χ0) is 11.0. The lowest BCUT2D eigenvalue weighted by atomic mass is 10.2. The van der Waals surface area contributed by atoms with Crippen LogP contribution in [0.15, 0.2) is 48.4 Å². The average molecular weight is 213 g/mol. The van der Waals surface area contributed by atoms with Gasteiger partial charge in [-0.2, -0.15) is 0 Å². The number of rotatable bonds is 5. The lowest BCUT2D eigenvalue weighted by Crippen LogP contribution is -1.83. The molecule has 0 amide bonds. The van der Waals surface area contributed by atoms with E-state index in [1.165, 1.54) is 6.08 Å². The third kappa shape index (κ3) is 6.07. The first-order valence-electron chi connectivity index (χ1n) is 3.76. The maximum atomic E-state index is 10.0. The summed E-state index contributed by atoms with van der Waals surface area (Å²) in [6, 6.07) is 0. The van der Waals surface area contributed by atoms with Gasteiger partial charge in [-0.15, -0.1) is 0 Å². The van der Waals surface area contributed by atoms with Gasteiger partial charge in [0.25, 0.3) is 0 Å². The van der Waals surface area contributed by atoms with Gasteiger partial charge in [-0.3, -0.25) is 10.1 Å². The molecule has 4 nitrogen and oxygen atoms in total. The quantitative estimate of drug-likeness (QED) is 0.191. The first-order chi connectivity index (χ1) is 6.60. The summed E-state index contributed by atoms with van der Waals surface area (Å²) in [7, 11) is 0. The molecule has 0 atom stereocenters. The van der Waals surface area contributed by atoms with Gasteiger partial charge in [0.15, 0.2) is 0 Å². The van der Waals surface area contributed by atoms with Gasteiger partial charge in [0.2, 0.25) is 6.20 Å². The SMILES string of the molecule is C=C(\C=C/C(/C=C/[N+](=O)[O-])=C\C)OS. The number of nitro groups is 1. The van der Waals surface area contributed by atoms with Crippen molar-refractivity contribution in [2.45, 2.75) is 6.92 Å². The van der Waals surface area contributed by atoms with E-state index in [2.05, 4.69) is 23.7 Å². The van der Waals surface area contributed by atoms with Gasteiger partial charge >= 0.3 is 0 Å². The minimum Gasteiger partial charge on any atom is -0.430 e. The normalized spacial score (nSPS) is 12.3. The fourth-order valence-electron chi connectivity index (χ4n) is 0.615. The Morgan fingerprint density at radius 1 is 1.50 bits per heavy atom. The van der Waals surface area contributed by atoms with E-state index in [1.807, 2.05) is 0 Å². The topological polar surface area (TPSA) is 52.4 Å². The molecule has 0 aliphatic rings. The van der Waals surface area contributed by atoms with Gasteiger partial charge in [-0.25, -0.2) is 0 Å². The molecule has 0 bridgehead atoms. The van der Waals surface area contributed by atoms with Crippen LogP contribution in [0.5, 0.6) is 0 Å². The van der Waals surface area contributed by atoms with E-state index in [4.69, 9.17) is 0 Å². The van der Waals surface area contributed by atoms with Crippen LogP contribution in [0.3, 0.4) is 0 Å². The lowest BCUT2D eigenvalue weighted by molar-refractivity contribution is -0.402. The van der Waals surface area contributed by atoms with Crippen LogP contribution in [0.25, 0.3) is 0 Å². The fourth-order valence-corrected chi connectivity index (χ4v) is 0.675. The molecular formula is C9H11NO3S. The van der Waals surface area contributed by atoms with Crippen molar-refractivity contribution in [3.63, 3.8) is 0 Å². The minimum absolute atomic E-state index is 0.363. The van der Waals surface area contributed by atoms with Crippen LogP contribution in [0.4, 0.5) is 0 Å². The van der Waals surface area contributed by atoms with Crippen molar-refractivity contribution in [2.24, 2.45) is 0 Å². The van der Waals surface area contributed by atoms with Gasteiger partial charge in [-0.05, 0) is 18.6 Å². The molecule has 0 aliphatic carbocycles. The zero-order valence-electron chi connectivity index (χ0n) is 7.71. The summed E-state index contributed by atoms with van der Waals surface area (Å²) in [5.74, 6) is 0.363. The molecule has 0 fully saturated rings. The Kier molecular flexibility index (Phi) is 6.22. The first-order valence-corrected chi connectivity index (χ1v) is 4.13. The van der Waals surface area contributed by atoms with E-state index in [0.717, 1.165) is 6.20 Å². The predicted molar refractivity (Wildman–Crippen MR) is 58.2 cm³/mol. The van der Waals surface area contributed by atoms with E-state index >= 15 is 0 Å². The van der Waals surface area contributed by atoms with Crippen LogP contribution in [0, 0.1) is 10.1 Å². The number of thiol groups is 1. The molecule has 0 heterocycles. The van der Waals surface area contributed by atoms with E-state index in [1.54, 1.807) is 25.2 Å². The van der Waals surface area contributed by atoms with Crippen molar-refractivity contribution in [2.75, 3.05) is 0 Å². The molecule has 5 heteroatoms. The van der Waals surface area contributed by atoms with E-state index in [9.17, 15) is 10.1 Å². The molecule has 0 rings (SSSR count). The fraction of sp³-hybridized carbons (Fsp3) is 0.111. The number of hydrogen-bond acceptors (Lipinski definition) is 4. The van der Waals surface area contributed by atoms with Crippen LogP contribution in [0.1, 0.15) is 6.92 Å². The van der Waals surface area contributed by atoms with Crippen LogP contribution >= 0.6 is 12.9 Å². The minimum atomic E-state index is -0.527. The molecule has 0 saturated heterocycles. The Balaban J connectivity index is 4.39. The number of allylic oxidation sites excluding steroid dienone is 5. The van der Waals surface area contributed by atoms with E-state index in [0.29, 0.717) is 11.3 Å². The Morgan fingerprint density at radius 2 is 2.14 bits per heavy atom. The van der Waals surface area contributed by atoms with Gasteiger partial charge in [0.1, 0.15) is 5.76 Å². The van der Waals surface area contributed by atoms with Crippen molar-refractivity contribution in [1.29, 1.82) is 0 Å². The number of nitrogens with zero attached hydrogens (tertiary/aromatic N) is 1. The van der Waals surface area contributed by atoms with Crippen molar-refractivity contribution < 1.29 is 9.11 Å². The lowest BCUT2D eigenvalue weighted by Gasteiger charge is -1.93. The largest absolute Gasteiger partial charge is 0.430 e. The Hall–Kier alpha value is -1.49. The third-order valence-corrected chi connectivity index (χ3v) is 1.54. The highest BCUT2D eigenvalue weighted by atomic mass is 32.1. The van der Waals surface area contributed by atoms with Gasteiger partial charge in [0, 0.05) is 19.0 Å². The maximum absolute atomic E-state index is 10.0. The molecular weight excluding hydrogens is 202 g/mol. The summed E-state index contributed by atoms with van der Waals surface area (Å²) in [6.07, 6.45) is 7.17. The Morgan fingerprint density at radius 3 is 2.57 bits per heavy atom. The molecule has 0 unspecified atom stereocenters. The van der Waals surface area contributed by atoms with E-state index in [-0.39, 0.29) is 0 Å². The second kappa shape index (κ2) is 6.97. The second-order valence-electron chi connectivity index (χ2n) is 2.28. The summed E-state index contributed by atoms with van der Waals surface area (Å²) in [5, 5.41) is 10.0. The standard InChI is InChI=1S/C9H11NO3S/c1-3-9(6-7-10(11)12)5-4-8(2)13-14/h3-7,14H,2H2,1H3/b5-4-,7-6+,9-3+.